The highest BCUT2D eigenvalue weighted by atomic mass is 35.5. The zero-order valence-corrected chi connectivity index (χ0v) is 11.4. The molecule has 0 bridgehead atoms. The van der Waals surface area contributed by atoms with Gasteiger partial charge in [-0.15, -0.1) is 0 Å². The molecule has 0 aliphatic heterocycles. The van der Waals surface area contributed by atoms with E-state index >= 15 is 0 Å². The van der Waals surface area contributed by atoms with Gasteiger partial charge in [0.05, 0.1) is 5.02 Å². The van der Waals surface area contributed by atoms with Crippen molar-refractivity contribution in [2.45, 2.75) is 6.92 Å². The monoisotopic (exact) mass is 292 g/mol. The summed E-state index contributed by atoms with van der Waals surface area (Å²) in [6.07, 6.45) is 1.36. The average Bonchev–Trinajstić information content (AvgIpc) is 2.43. The number of allylic oxidation sites excluding steroid dienone is 2. The van der Waals surface area contributed by atoms with E-state index in [1.807, 2.05) is 0 Å². The highest BCUT2D eigenvalue weighted by Gasteiger charge is 2.11. The molecule has 4 heteroatoms. The molecule has 102 valence electrons. The molecule has 0 aliphatic rings. The van der Waals surface area contributed by atoms with Gasteiger partial charge in [-0.25, -0.2) is 8.78 Å². The SMILES string of the molecule is CC(=CC(=O)c1ccccc1)c1cc(F)c(F)cc1Cl. The molecule has 0 fully saturated rings. The first kappa shape index (κ1) is 14.4. The second-order valence-electron chi connectivity index (χ2n) is 4.30. The molecule has 0 heterocycles. The Morgan fingerprint density at radius 3 is 2.35 bits per heavy atom. The third-order valence-corrected chi connectivity index (χ3v) is 3.15. The van der Waals surface area contributed by atoms with E-state index in [0.29, 0.717) is 16.7 Å². The number of hydrogen-bond donors (Lipinski definition) is 0. The molecule has 2 aromatic rings. The summed E-state index contributed by atoms with van der Waals surface area (Å²) in [6, 6.07) is 10.6. The van der Waals surface area contributed by atoms with Crippen LogP contribution in [0.25, 0.3) is 5.57 Å². The van der Waals surface area contributed by atoms with Gasteiger partial charge in [0.25, 0.3) is 0 Å². The fourth-order valence-corrected chi connectivity index (χ4v) is 2.08. The molecule has 0 N–H and O–H groups in total. The molecule has 0 saturated carbocycles. The zero-order chi connectivity index (χ0) is 14.7. The summed E-state index contributed by atoms with van der Waals surface area (Å²) in [5.74, 6) is -2.23. The number of ketones is 1. The zero-order valence-electron chi connectivity index (χ0n) is 10.7. The van der Waals surface area contributed by atoms with Gasteiger partial charge in [0, 0.05) is 5.56 Å². The molecule has 0 amide bonds. The van der Waals surface area contributed by atoms with Crippen molar-refractivity contribution in [3.63, 3.8) is 0 Å². The Hall–Kier alpha value is -2.00. The summed E-state index contributed by atoms with van der Waals surface area (Å²) in [7, 11) is 0. The minimum atomic E-state index is -1.01. The third-order valence-electron chi connectivity index (χ3n) is 2.84. The molecule has 0 aliphatic carbocycles. The lowest BCUT2D eigenvalue weighted by Crippen LogP contribution is -1.96. The number of carbonyl (C=O) groups is 1. The molecule has 0 aromatic heterocycles. The van der Waals surface area contributed by atoms with E-state index in [1.165, 1.54) is 6.08 Å². The summed E-state index contributed by atoms with van der Waals surface area (Å²) in [4.78, 5) is 12.0. The Bertz CT molecular complexity index is 678. The first-order valence-electron chi connectivity index (χ1n) is 5.91. The van der Waals surface area contributed by atoms with Gasteiger partial charge in [-0.05, 0) is 36.3 Å². The van der Waals surface area contributed by atoms with Crippen LogP contribution in [0.5, 0.6) is 0 Å². The van der Waals surface area contributed by atoms with E-state index in [2.05, 4.69) is 0 Å². The second-order valence-corrected chi connectivity index (χ2v) is 4.71. The standard InChI is InChI=1S/C16H11ClF2O/c1-10(7-16(20)11-5-3-2-4-6-11)12-8-14(18)15(19)9-13(12)17/h2-9H,1H3. The first-order valence-corrected chi connectivity index (χ1v) is 6.29. The van der Waals surface area contributed by atoms with Crippen LogP contribution in [-0.4, -0.2) is 5.78 Å². The van der Waals surface area contributed by atoms with Crippen LogP contribution in [0, 0.1) is 11.6 Å². The van der Waals surface area contributed by atoms with Crippen LogP contribution in [0.1, 0.15) is 22.8 Å². The molecule has 2 rings (SSSR count). The van der Waals surface area contributed by atoms with Gasteiger partial charge in [-0.1, -0.05) is 41.9 Å². The van der Waals surface area contributed by atoms with Gasteiger partial charge in [0.2, 0.25) is 0 Å². The Morgan fingerprint density at radius 1 is 1.10 bits per heavy atom. The maximum atomic E-state index is 13.2. The number of halogens is 3. The predicted molar refractivity (Wildman–Crippen MR) is 75.8 cm³/mol. The van der Waals surface area contributed by atoms with Gasteiger partial charge < -0.3 is 0 Å². The summed E-state index contributed by atoms with van der Waals surface area (Å²) in [5, 5.41) is 0.0681. The molecule has 0 atom stereocenters. The maximum Gasteiger partial charge on any atom is 0.186 e. The smallest absolute Gasteiger partial charge is 0.186 e. The van der Waals surface area contributed by atoms with Crippen molar-refractivity contribution < 1.29 is 13.6 Å². The van der Waals surface area contributed by atoms with E-state index in [1.54, 1.807) is 37.3 Å². The third kappa shape index (κ3) is 3.11. The lowest BCUT2D eigenvalue weighted by atomic mass is 10.0. The highest BCUT2D eigenvalue weighted by molar-refractivity contribution is 6.32. The van der Waals surface area contributed by atoms with Crippen molar-refractivity contribution >= 4 is 23.0 Å². The molecular formula is C16H11ClF2O. The van der Waals surface area contributed by atoms with Gasteiger partial charge in [-0.2, -0.15) is 0 Å². The fraction of sp³-hybridized carbons (Fsp3) is 0.0625. The number of rotatable bonds is 3. The van der Waals surface area contributed by atoms with Gasteiger partial charge in [-0.3, -0.25) is 4.79 Å². The first-order chi connectivity index (χ1) is 9.49. The van der Waals surface area contributed by atoms with E-state index < -0.39 is 11.6 Å². The lowest BCUT2D eigenvalue weighted by Gasteiger charge is -2.06. The molecular weight excluding hydrogens is 282 g/mol. The van der Waals surface area contributed by atoms with Crippen molar-refractivity contribution in [1.29, 1.82) is 0 Å². The average molecular weight is 293 g/mol. The van der Waals surface area contributed by atoms with Crippen LogP contribution >= 0.6 is 11.6 Å². The van der Waals surface area contributed by atoms with Crippen LogP contribution in [0.2, 0.25) is 5.02 Å². The number of benzene rings is 2. The largest absolute Gasteiger partial charge is 0.289 e. The van der Waals surface area contributed by atoms with Crippen LogP contribution in [0.4, 0.5) is 8.78 Å². The molecule has 0 radical (unpaired) electrons. The normalized spacial score (nSPS) is 11.5. The van der Waals surface area contributed by atoms with Crippen molar-refractivity contribution in [2.75, 3.05) is 0 Å². The van der Waals surface area contributed by atoms with Crippen molar-refractivity contribution in [3.8, 4) is 0 Å². The topological polar surface area (TPSA) is 17.1 Å². The Labute approximate surface area is 120 Å². The molecule has 0 unspecified atom stereocenters. The molecule has 1 nitrogen and oxygen atoms in total. The van der Waals surface area contributed by atoms with E-state index in [9.17, 15) is 13.6 Å². The molecule has 20 heavy (non-hydrogen) atoms. The van der Waals surface area contributed by atoms with Crippen molar-refractivity contribution in [2.24, 2.45) is 0 Å². The summed E-state index contributed by atoms with van der Waals surface area (Å²) >= 11 is 5.87. The number of hydrogen-bond acceptors (Lipinski definition) is 1. The van der Waals surface area contributed by atoms with Crippen LogP contribution in [-0.2, 0) is 0 Å². The van der Waals surface area contributed by atoms with E-state index in [4.69, 9.17) is 11.6 Å². The Balaban J connectivity index is 2.36. The minimum Gasteiger partial charge on any atom is -0.289 e. The Morgan fingerprint density at radius 2 is 1.70 bits per heavy atom. The summed E-state index contributed by atoms with van der Waals surface area (Å²) in [6.45, 7) is 1.62. The summed E-state index contributed by atoms with van der Waals surface area (Å²) < 4.78 is 26.2. The molecule has 0 saturated heterocycles. The van der Waals surface area contributed by atoms with E-state index in [0.717, 1.165) is 12.1 Å². The quantitative estimate of drug-likeness (QED) is 0.446. The highest BCUT2D eigenvalue weighted by Crippen LogP contribution is 2.26. The van der Waals surface area contributed by atoms with Crippen molar-refractivity contribution in [3.05, 3.63) is 76.3 Å². The van der Waals surface area contributed by atoms with Crippen LogP contribution in [0.15, 0.2) is 48.5 Å². The van der Waals surface area contributed by atoms with Crippen molar-refractivity contribution in [1.82, 2.24) is 0 Å². The minimum absolute atomic E-state index is 0.0681. The van der Waals surface area contributed by atoms with Gasteiger partial charge in [0.1, 0.15) is 0 Å². The van der Waals surface area contributed by atoms with Crippen LogP contribution in [0.3, 0.4) is 0 Å². The Kier molecular flexibility index (Phi) is 4.30. The van der Waals surface area contributed by atoms with E-state index in [-0.39, 0.29) is 10.8 Å². The maximum absolute atomic E-state index is 13.2. The number of carbonyl (C=O) groups excluding carboxylic acids is 1. The van der Waals surface area contributed by atoms with Gasteiger partial charge in [0.15, 0.2) is 17.4 Å². The second kappa shape index (κ2) is 5.97. The predicted octanol–water partition coefficient (Wildman–Crippen LogP) is 4.90. The summed E-state index contributed by atoms with van der Waals surface area (Å²) in [5.41, 5.74) is 1.29. The lowest BCUT2D eigenvalue weighted by molar-refractivity contribution is 0.104. The fourth-order valence-electron chi connectivity index (χ4n) is 1.78. The molecule has 0 spiro atoms. The molecule has 2 aromatic carbocycles. The van der Waals surface area contributed by atoms with Crippen LogP contribution < -0.4 is 0 Å². The van der Waals surface area contributed by atoms with Gasteiger partial charge >= 0.3 is 0 Å².